The standard InChI is InChI=1S/C93H142N26O23S/c1-48(2)71(86(136)104-45-68(123)102-46-70(125)114-74(53(9)120)88(138)106-52(8)77(127)105-51(7)76(126)103-47-69(124)107-59(32-22-37-100-92(95)96)79(129)110-64(43-57-29-19-14-20-30-57)84(134)117-73(50(5)6)91(141)142)116-89(139)75(54(10)121)118-81(131)61(35-40-143-11)108-82(132)62(41-55-25-15-12-16-26-55)111-83(133)63(42-56-27-17-13-18-28-56)112-87(137)72(49(3)4)115-80(130)60(33-23-38-101-93(97)98)109-85(135)66-34-24-39-119(66)90(140)65(44-67(94)122)113-78(128)58-31-21-36-99-58/h12-20,25-30,48-54,58-66,71-75,99,120-121H,21-24,31-47H2,1-11H3,(H2,94,122)(H,102,123)(H,103,126)(H,104,136)(H,105,127)(H,106,138)(H,107,124)(H,108,132)(H,109,135)(H,110,129)(H,111,133)(H,112,137)(H,113,128)(H,114,125)(H,115,130)(H,116,139)(H,117,134)(H,118,131)(H,141,142)(H4,95,96,100)(H4,97,98,101)/t51-,52-,53+,54+,58-,59-,60-,61-,62-,63-,64-,65-,66-,71-,72-,73-,74-,75-/m0/s1. The van der Waals surface area contributed by atoms with E-state index in [9.17, 15) is 106 Å². The van der Waals surface area contributed by atoms with E-state index in [1.807, 2.05) is 0 Å². The number of benzene rings is 3. The van der Waals surface area contributed by atoms with Crippen LogP contribution in [0.4, 0.5) is 0 Å². The third-order valence-corrected chi connectivity index (χ3v) is 23.8. The maximum absolute atomic E-state index is 15.1. The van der Waals surface area contributed by atoms with Gasteiger partial charge < -0.3 is 144 Å². The molecule has 3 aromatic rings. The quantitative estimate of drug-likeness (QED) is 0.0142. The Morgan fingerprint density at radius 2 is 0.769 bits per heavy atom. The number of primary amides is 1. The number of likely N-dealkylation sites (tertiary alicyclic amines) is 1. The van der Waals surface area contributed by atoms with Crippen LogP contribution in [0.25, 0.3) is 0 Å². The zero-order valence-electron chi connectivity index (χ0n) is 82.2. The third-order valence-electron chi connectivity index (χ3n) is 23.1. The minimum atomic E-state index is -1.83. The first-order chi connectivity index (χ1) is 67.6. The minimum absolute atomic E-state index is 0.0474. The van der Waals surface area contributed by atoms with E-state index in [4.69, 9.17) is 28.0 Å². The number of rotatable bonds is 60. The highest BCUT2D eigenvalue weighted by Gasteiger charge is 2.43. The molecule has 0 spiro atoms. The molecule has 5 rings (SSSR count). The van der Waals surface area contributed by atoms with Gasteiger partial charge in [-0.15, -0.1) is 0 Å². The summed E-state index contributed by atoms with van der Waals surface area (Å²) in [5.41, 5.74) is 18.1. The van der Waals surface area contributed by atoms with Crippen molar-refractivity contribution in [2.45, 2.75) is 262 Å². The second-order valence-corrected chi connectivity index (χ2v) is 37.0. The lowest BCUT2D eigenvalue weighted by atomic mass is 9.99. The smallest absolute Gasteiger partial charge is 0.326 e. The van der Waals surface area contributed by atoms with Crippen molar-refractivity contribution in [2.75, 3.05) is 57.8 Å². The number of nitrogens with one attached hydrogen (secondary N) is 22. The van der Waals surface area contributed by atoms with E-state index >= 15 is 4.79 Å². The molecule has 2 fully saturated rings. The Bertz CT molecular complexity index is 4860. The van der Waals surface area contributed by atoms with Gasteiger partial charge in [-0.1, -0.05) is 133 Å². The highest BCUT2D eigenvalue weighted by atomic mass is 32.2. The molecule has 3 aromatic carbocycles. The van der Waals surface area contributed by atoms with Crippen LogP contribution < -0.4 is 124 Å². The number of aliphatic hydroxyl groups is 2. The molecule has 31 N–H and O–H groups in total. The Morgan fingerprint density at radius 1 is 0.392 bits per heavy atom. The molecule has 0 radical (unpaired) electrons. The first kappa shape index (κ1) is 119. The fourth-order valence-corrected chi connectivity index (χ4v) is 15.7. The average Bonchev–Trinajstić information content (AvgIpc) is 1.73. The second kappa shape index (κ2) is 60.8. The van der Waals surface area contributed by atoms with E-state index in [0.717, 1.165) is 13.8 Å². The van der Waals surface area contributed by atoms with Crippen LogP contribution in [0.1, 0.15) is 150 Å². The third kappa shape index (κ3) is 41.9. The number of nitrogens with two attached hydrogens (primary N) is 3. The molecule has 2 aliphatic rings. The first-order valence-corrected chi connectivity index (χ1v) is 48.7. The zero-order chi connectivity index (χ0) is 106. The molecule has 49 nitrogen and oxygen atoms in total. The summed E-state index contributed by atoms with van der Waals surface area (Å²) >= 11 is 1.28. The van der Waals surface area contributed by atoms with Crippen LogP contribution in [-0.2, 0) is 115 Å². The number of carboxylic acid groups (broad SMARTS) is 1. The topological polar surface area (TPSA) is 772 Å². The first-order valence-electron chi connectivity index (χ1n) is 47.3. The SMILES string of the molecule is CSCC[C@H](NC(=O)[C@H](Cc1ccccc1)NC(=O)[C@H](Cc1ccccc1)NC(=O)[C@@H](NC(=O)[C@H](CCCNC(=N)N)NC(=O)[C@@H]1CCCN1C(=O)[C@H](CC(N)=O)NC(=O)[C@@H]1CCCN1)C(C)C)C(=O)N[C@H](C(=O)N[C@H](C(=O)NCC(=O)NCC(=O)N[C@H](C(=O)N[C@@H](C)C(=O)N[C@@H](C)C(=O)NCC(=O)N[C@@H](CCCNC(=N)N)C(=O)N[C@@H](Cc1ccccc1)C(=O)N[C@H](C(=O)O)C(C)C)[C@@H](C)O)C(C)C)[C@@H](C)O. The summed E-state index contributed by atoms with van der Waals surface area (Å²) in [5.74, 6) is -21.1. The van der Waals surface area contributed by atoms with Crippen LogP contribution in [0.3, 0.4) is 0 Å². The van der Waals surface area contributed by atoms with Gasteiger partial charge >= 0.3 is 5.97 Å². The molecule has 0 unspecified atom stereocenters. The Morgan fingerprint density at radius 3 is 1.24 bits per heavy atom. The summed E-state index contributed by atoms with van der Waals surface area (Å²) in [6.07, 6.45) is -1.05. The largest absolute Gasteiger partial charge is 0.480 e. The molecular formula is C93H142N26O23S. The van der Waals surface area contributed by atoms with Gasteiger partial charge in [0.05, 0.1) is 44.3 Å². The lowest BCUT2D eigenvalue weighted by Gasteiger charge is -2.31. The highest BCUT2D eigenvalue weighted by Crippen LogP contribution is 2.22. The Labute approximate surface area is 833 Å². The fourth-order valence-electron chi connectivity index (χ4n) is 15.2. The van der Waals surface area contributed by atoms with E-state index in [1.54, 1.807) is 125 Å². The van der Waals surface area contributed by atoms with E-state index in [2.05, 4.69) is 106 Å². The monoisotopic (exact) mass is 2020 g/mol. The van der Waals surface area contributed by atoms with Gasteiger partial charge in [0.25, 0.3) is 0 Å². The van der Waals surface area contributed by atoms with Gasteiger partial charge in [-0.25, -0.2) is 4.79 Å². The molecule has 788 valence electrons. The zero-order valence-corrected chi connectivity index (χ0v) is 83.0. The van der Waals surface area contributed by atoms with Crippen molar-refractivity contribution in [2.24, 2.45) is 35.0 Å². The molecule has 0 aliphatic carbocycles. The number of carbonyl (C=O) groups excluding carboxylic acids is 19. The van der Waals surface area contributed by atoms with Crippen LogP contribution in [0.2, 0.25) is 0 Å². The second-order valence-electron chi connectivity index (χ2n) is 36.0. The molecule has 143 heavy (non-hydrogen) atoms. The maximum Gasteiger partial charge on any atom is 0.326 e. The van der Waals surface area contributed by atoms with Crippen molar-refractivity contribution in [1.82, 2.24) is 111 Å². The van der Waals surface area contributed by atoms with Crippen molar-refractivity contribution in [3.63, 3.8) is 0 Å². The number of amides is 19. The van der Waals surface area contributed by atoms with Crippen LogP contribution >= 0.6 is 11.8 Å². The number of nitrogens with zero attached hydrogens (tertiary/aromatic N) is 1. The van der Waals surface area contributed by atoms with E-state index in [-0.39, 0.29) is 95.1 Å². The molecule has 19 amide bonds. The number of guanidine groups is 2. The number of aliphatic hydroxyl groups excluding tert-OH is 2. The summed E-state index contributed by atoms with van der Waals surface area (Å²) in [4.78, 5) is 277. The van der Waals surface area contributed by atoms with Crippen molar-refractivity contribution in [1.29, 1.82) is 10.8 Å². The Hall–Kier alpha value is -14.2. The van der Waals surface area contributed by atoms with Crippen LogP contribution in [0.15, 0.2) is 91.0 Å². The van der Waals surface area contributed by atoms with E-state index < -0.39 is 271 Å². The molecule has 2 saturated heterocycles. The molecule has 50 heteroatoms. The van der Waals surface area contributed by atoms with E-state index in [1.165, 1.54) is 44.4 Å². The van der Waals surface area contributed by atoms with Gasteiger partial charge in [-0.05, 0) is 138 Å². The Balaban J connectivity index is 1.20. The number of thioether (sulfide) groups is 1. The summed E-state index contributed by atoms with van der Waals surface area (Å²) in [5, 5.41) is 97.5. The summed E-state index contributed by atoms with van der Waals surface area (Å²) in [7, 11) is 0. The molecule has 18 atom stereocenters. The minimum Gasteiger partial charge on any atom is -0.480 e. The number of carboxylic acids is 1. The van der Waals surface area contributed by atoms with Gasteiger partial charge in [0.15, 0.2) is 11.9 Å². The molecule has 0 aromatic heterocycles. The highest BCUT2D eigenvalue weighted by molar-refractivity contribution is 7.98. The van der Waals surface area contributed by atoms with E-state index in [0.29, 0.717) is 42.5 Å². The molecular weight excluding hydrogens is 1880 g/mol. The predicted molar refractivity (Wildman–Crippen MR) is 524 cm³/mol. The van der Waals surface area contributed by atoms with Crippen molar-refractivity contribution >= 4 is 142 Å². The van der Waals surface area contributed by atoms with Gasteiger partial charge in [0.1, 0.15) is 90.6 Å². The predicted octanol–water partition coefficient (Wildman–Crippen LogP) is -7.40. The van der Waals surface area contributed by atoms with Crippen molar-refractivity contribution in [3.05, 3.63) is 108 Å². The lowest BCUT2D eigenvalue weighted by Crippen LogP contribution is -2.62. The van der Waals surface area contributed by atoms with Crippen LogP contribution in [0.5, 0.6) is 0 Å². The van der Waals surface area contributed by atoms with Crippen LogP contribution in [0, 0.1) is 28.6 Å². The maximum atomic E-state index is 15.1. The molecule has 0 bridgehead atoms. The number of hydrogen-bond acceptors (Lipinski definition) is 26. The number of carbonyl (C=O) groups is 20. The van der Waals surface area contributed by atoms with Gasteiger partial charge in [-0.3, -0.25) is 102 Å². The molecule has 2 aliphatic heterocycles. The summed E-state index contributed by atoms with van der Waals surface area (Å²) in [6, 6.07) is 2.82. The molecule has 0 saturated carbocycles. The molecule has 2 heterocycles. The van der Waals surface area contributed by atoms with Gasteiger partial charge in [0, 0.05) is 38.9 Å². The van der Waals surface area contributed by atoms with Crippen molar-refractivity contribution in [3.8, 4) is 0 Å². The van der Waals surface area contributed by atoms with Gasteiger partial charge in [-0.2, -0.15) is 11.8 Å². The lowest BCUT2D eigenvalue weighted by molar-refractivity contribution is -0.143. The average molecular weight is 2020 g/mol. The summed E-state index contributed by atoms with van der Waals surface area (Å²) in [6.45, 7) is 12.4. The summed E-state index contributed by atoms with van der Waals surface area (Å²) < 4.78 is 0. The van der Waals surface area contributed by atoms with Crippen LogP contribution in [-0.4, -0.2) is 317 Å². The number of hydrogen-bond donors (Lipinski definition) is 28. The fraction of sp³-hybridized carbons (Fsp3) is 0.570. The van der Waals surface area contributed by atoms with Gasteiger partial charge in [0.2, 0.25) is 112 Å². The number of aliphatic carboxylic acids is 1. The normalized spacial score (nSPS) is 16.6. The van der Waals surface area contributed by atoms with Crippen molar-refractivity contribution < 1.29 is 111 Å². The Kier molecular flexibility index (Phi) is 50.8.